The zero-order valence-corrected chi connectivity index (χ0v) is 15.8. The third-order valence-corrected chi connectivity index (χ3v) is 4.81. The summed E-state index contributed by atoms with van der Waals surface area (Å²) in [5, 5.41) is 2.91. The first-order valence-corrected chi connectivity index (χ1v) is 8.87. The molecule has 0 saturated carbocycles. The van der Waals surface area contributed by atoms with E-state index in [4.69, 9.17) is 0 Å². The summed E-state index contributed by atoms with van der Waals surface area (Å²) in [7, 11) is 3.93. The number of hydrogen-bond acceptors (Lipinski definition) is 3. The van der Waals surface area contributed by atoms with Gasteiger partial charge in [-0.2, -0.15) is 0 Å². The number of carbonyl (C=O) groups excluding carboxylic acids is 2. The van der Waals surface area contributed by atoms with Crippen LogP contribution in [-0.4, -0.2) is 32.5 Å². The van der Waals surface area contributed by atoms with Crippen LogP contribution in [-0.2, 0) is 9.59 Å². The molecule has 1 atom stereocenters. The normalized spacial score (nSPS) is 16.8. The van der Waals surface area contributed by atoms with Gasteiger partial charge in [0.2, 0.25) is 11.8 Å². The Balaban J connectivity index is 1.65. The molecule has 6 heteroatoms. The summed E-state index contributed by atoms with van der Waals surface area (Å²) < 4.78 is 0.957. The summed E-state index contributed by atoms with van der Waals surface area (Å²) >= 11 is 3.38. The van der Waals surface area contributed by atoms with Gasteiger partial charge in [-0.05, 0) is 48.5 Å². The van der Waals surface area contributed by atoms with Crippen molar-refractivity contribution in [1.29, 1.82) is 0 Å². The predicted molar refractivity (Wildman–Crippen MR) is 104 cm³/mol. The van der Waals surface area contributed by atoms with Gasteiger partial charge in [-0.3, -0.25) is 9.59 Å². The fourth-order valence-electron chi connectivity index (χ4n) is 2.84. The SMILES string of the molecule is CN(C)c1ccc(NC(=O)C2CC(=O)N(c3ccc(Br)cc3)C2)cc1. The Morgan fingerprint density at radius 2 is 1.76 bits per heavy atom. The van der Waals surface area contributed by atoms with E-state index >= 15 is 0 Å². The molecule has 2 aromatic rings. The number of rotatable bonds is 4. The number of anilines is 3. The number of hydrogen-bond donors (Lipinski definition) is 1. The minimum Gasteiger partial charge on any atom is -0.378 e. The van der Waals surface area contributed by atoms with Crippen molar-refractivity contribution >= 4 is 44.8 Å². The highest BCUT2D eigenvalue weighted by molar-refractivity contribution is 9.10. The van der Waals surface area contributed by atoms with Crippen molar-refractivity contribution in [2.24, 2.45) is 5.92 Å². The summed E-state index contributed by atoms with van der Waals surface area (Å²) in [5.74, 6) is -0.485. The van der Waals surface area contributed by atoms with Crippen molar-refractivity contribution in [3.63, 3.8) is 0 Å². The molecule has 0 spiro atoms. The van der Waals surface area contributed by atoms with E-state index in [1.807, 2.05) is 67.5 Å². The maximum absolute atomic E-state index is 12.5. The van der Waals surface area contributed by atoms with Gasteiger partial charge in [0.25, 0.3) is 0 Å². The van der Waals surface area contributed by atoms with E-state index in [1.54, 1.807) is 4.90 Å². The monoisotopic (exact) mass is 401 g/mol. The van der Waals surface area contributed by atoms with E-state index in [-0.39, 0.29) is 24.2 Å². The molecule has 1 aliphatic heterocycles. The quantitative estimate of drug-likeness (QED) is 0.852. The molecule has 130 valence electrons. The molecule has 5 nitrogen and oxygen atoms in total. The fraction of sp³-hybridized carbons (Fsp3) is 0.263. The average Bonchev–Trinajstić information content (AvgIpc) is 2.98. The maximum Gasteiger partial charge on any atom is 0.229 e. The lowest BCUT2D eigenvalue weighted by Gasteiger charge is -2.17. The first-order chi connectivity index (χ1) is 11.9. The predicted octanol–water partition coefficient (Wildman–Crippen LogP) is 3.51. The smallest absolute Gasteiger partial charge is 0.229 e. The van der Waals surface area contributed by atoms with Crippen LogP contribution >= 0.6 is 15.9 Å². The van der Waals surface area contributed by atoms with Crippen LogP contribution in [0.3, 0.4) is 0 Å². The van der Waals surface area contributed by atoms with Crippen LogP contribution in [0.2, 0.25) is 0 Å². The van der Waals surface area contributed by atoms with Crippen molar-refractivity contribution in [1.82, 2.24) is 0 Å². The summed E-state index contributed by atoms with van der Waals surface area (Å²) in [4.78, 5) is 28.4. The molecule has 2 amide bonds. The van der Waals surface area contributed by atoms with Gasteiger partial charge >= 0.3 is 0 Å². The third kappa shape index (κ3) is 4.02. The zero-order chi connectivity index (χ0) is 18.0. The number of nitrogens with zero attached hydrogens (tertiary/aromatic N) is 2. The van der Waals surface area contributed by atoms with Gasteiger partial charge in [-0.15, -0.1) is 0 Å². The van der Waals surface area contributed by atoms with Crippen LogP contribution in [0.5, 0.6) is 0 Å². The Hall–Kier alpha value is -2.34. The molecule has 1 aliphatic rings. The van der Waals surface area contributed by atoms with Gasteiger partial charge in [-0.1, -0.05) is 15.9 Å². The zero-order valence-electron chi connectivity index (χ0n) is 14.2. The summed E-state index contributed by atoms with van der Waals surface area (Å²) in [6.45, 7) is 0.405. The Bertz CT molecular complexity index is 772. The second-order valence-electron chi connectivity index (χ2n) is 6.31. The number of nitrogens with one attached hydrogen (secondary N) is 1. The van der Waals surface area contributed by atoms with Gasteiger partial charge in [-0.25, -0.2) is 0 Å². The van der Waals surface area contributed by atoms with Gasteiger partial charge in [0.05, 0.1) is 5.92 Å². The first kappa shape index (κ1) is 17.5. The lowest BCUT2D eigenvalue weighted by molar-refractivity contribution is -0.122. The number of amides is 2. The van der Waals surface area contributed by atoms with E-state index in [2.05, 4.69) is 21.2 Å². The van der Waals surface area contributed by atoms with Gasteiger partial charge in [0.1, 0.15) is 0 Å². The molecule has 1 saturated heterocycles. The van der Waals surface area contributed by atoms with E-state index < -0.39 is 0 Å². The van der Waals surface area contributed by atoms with Crippen molar-refractivity contribution < 1.29 is 9.59 Å². The lowest BCUT2D eigenvalue weighted by atomic mass is 10.1. The molecule has 0 radical (unpaired) electrons. The van der Waals surface area contributed by atoms with E-state index in [0.717, 1.165) is 21.5 Å². The molecule has 1 N–H and O–H groups in total. The Morgan fingerprint density at radius 1 is 1.12 bits per heavy atom. The Labute approximate surface area is 155 Å². The average molecular weight is 402 g/mol. The van der Waals surface area contributed by atoms with E-state index in [1.165, 1.54) is 0 Å². The maximum atomic E-state index is 12.5. The lowest BCUT2D eigenvalue weighted by Crippen LogP contribution is -2.28. The molecule has 0 aliphatic carbocycles. The minimum atomic E-state index is -0.343. The molecule has 1 unspecified atom stereocenters. The van der Waals surface area contributed by atoms with Crippen molar-refractivity contribution in [3.8, 4) is 0 Å². The van der Waals surface area contributed by atoms with E-state index in [9.17, 15) is 9.59 Å². The van der Waals surface area contributed by atoms with Crippen molar-refractivity contribution in [2.75, 3.05) is 35.8 Å². The van der Waals surface area contributed by atoms with Crippen LogP contribution in [0, 0.1) is 5.92 Å². The van der Waals surface area contributed by atoms with Crippen molar-refractivity contribution in [3.05, 3.63) is 53.0 Å². The molecule has 25 heavy (non-hydrogen) atoms. The number of halogens is 1. The largest absolute Gasteiger partial charge is 0.378 e. The van der Waals surface area contributed by atoms with Crippen LogP contribution in [0.4, 0.5) is 17.1 Å². The summed E-state index contributed by atoms with van der Waals surface area (Å²) in [5.41, 5.74) is 2.62. The second-order valence-corrected chi connectivity index (χ2v) is 7.23. The van der Waals surface area contributed by atoms with Gasteiger partial charge < -0.3 is 15.1 Å². The Morgan fingerprint density at radius 3 is 2.36 bits per heavy atom. The highest BCUT2D eigenvalue weighted by Gasteiger charge is 2.35. The van der Waals surface area contributed by atoms with Gasteiger partial charge in [0, 0.05) is 48.6 Å². The third-order valence-electron chi connectivity index (χ3n) is 4.29. The molecule has 1 fully saturated rings. The van der Waals surface area contributed by atoms with Crippen LogP contribution in [0.1, 0.15) is 6.42 Å². The fourth-order valence-corrected chi connectivity index (χ4v) is 3.11. The molecular weight excluding hydrogens is 382 g/mol. The summed E-state index contributed by atoms with van der Waals surface area (Å²) in [6.07, 6.45) is 0.234. The topological polar surface area (TPSA) is 52.7 Å². The molecule has 2 aromatic carbocycles. The molecule has 0 aromatic heterocycles. The van der Waals surface area contributed by atoms with Gasteiger partial charge in [0.15, 0.2) is 0 Å². The molecule has 1 heterocycles. The van der Waals surface area contributed by atoms with Crippen LogP contribution in [0.15, 0.2) is 53.0 Å². The molecule has 0 bridgehead atoms. The number of benzene rings is 2. The Kier molecular flexibility index (Phi) is 5.08. The highest BCUT2D eigenvalue weighted by atomic mass is 79.9. The van der Waals surface area contributed by atoms with Crippen LogP contribution < -0.4 is 15.1 Å². The molecular formula is C19H20BrN3O2. The van der Waals surface area contributed by atoms with E-state index in [0.29, 0.717) is 6.54 Å². The molecule has 3 rings (SSSR count). The first-order valence-electron chi connectivity index (χ1n) is 8.08. The summed E-state index contributed by atoms with van der Waals surface area (Å²) in [6, 6.07) is 15.2. The highest BCUT2D eigenvalue weighted by Crippen LogP contribution is 2.27. The number of carbonyl (C=O) groups is 2. The standard InChI is InChI=1S/C19H20BrN3O2/c1-22(2)16-9-5-15(6-10-16)21-19(25)13-11-18(24)23(12-13)17-7-3-14(20)4-8-17/h3-10,13H,11-12H2,1-2H3,(H,21,25). The van der Waals surface area contributed by atoms with Crippen molar-refractivity contribution in [2.45, 2.75) is 6.42 Å². The van der Waals surface area contributed by atoms with Crippen LogP contribution in [0.25, 0.3) is 0 Å². The minimum absolute atomic E-state index is 0.0228. The second kappa shape index (κ2) is 7.27.